The smallest absolute Gasteiger partial charge is 0.266 e. The van der Waals surface area contributed by atoms with Crippen molar-refractivity contribution in [2.24, 2.45) is 0 Å². The van der Waals surface area contributed by atoms with Gasteiger partial charge in [-0.15, -0.1) is 0 Å². The highest BCUT2D eigenvalue weighted by atomic mass is 16.1. The van der Waals surface area contributed by atoms with E-state index in [9.17, 15) is 4.79 Å². The van der Waals surface area contributed by atoms with Crippen molar-refractivity contribution in [3.8, 4) is 0 Å². The first-order valence-electron chi connectivity index (χ1n) is 5.87. The molecule has 1 saturated carbocycles. The van der Waals surface area contributed by atoms with E-state index in [4.69, 9.17) is 0 Å². The van der Waals surface area contributed by atoms with Crippen LogP contribution >= 0.6 is 0 Å². The van der Waals surface area contributed by atoms with E-state index in [1.807, 2.05) is 4.68 Å². The highest BCUT2D eigenvalue weighted by Gasteiger charge is 2.27. The number of H-pyrrole nitrogens is 1. The maximum absolute atomic E-state index is 11.8. The molecule has 2 aliphatic rings. The molecule has 2 heterocycles. The van der Waals surface area contributed by atoms with E-state index in [-0.39, 0.29) is 5.56 Å². The van der Waals surface area contributed by atoms with E-state index < -0.39 is 0 Å². The Hall–Kier alpha value is -1.03. The predicted octanol–water partition coefficient (Wildman–Crippen LogP) is 0.978. The number of hydrogen-bond donors (Lipinski definition) is 2. The molecule has 0 aromatic carbocycles. The first kappa shape index (κ1) is 9.21. The summed E-state index contributed by atoms with van der Waals surface area (Å²) in [7, 11) is 0. The van der Waals surface area contributed by atoms with Gasteiger partial charge in [0.05, 0.1) is 6.04 Å². The normalized spacial score (nSPS) is 23.2. The third-order valence-corrected chi connectivity index (χ3v) is 3.46. The average molecular weight is 207 g/mol. The van der Waals surface area contributed by atoms with Crippen LogP contribution in [0.15, 0.2) is 10.9 Å². The molecular weight excluding hydrogens is 190 g/mol. The van der Waals surface area contributed by atoms with Crippen molar-refractivity contribution in [1.82, 2.24) is 15.1 Å². The van der Waals surface area contributed by atoms with Crippen LogP contribution in [0.25, 0.3) is 0 Å². The number of rotatable bonds is 2. The summed E-state index contributed by atoms with van der Waals surface area (Å²) in [5.41, 5.74) is 1.31. The van der Waals surface area contributed by atoms with Crippen molar-refractivity contribution in [2.45, 2.75) is 37.6 Å². The fraction of sp³-hybridized carbons (Fsp3) is 0.727. The summed E-state index contributed by atoms with van der Waals surface area (Å²) in [5, 5.41) is 6.61. The molecule has 1 aliphatic carbocycles. The van der Waals surface area contributed by atoms with E-state index in [0.717, 1.165) is 31.6 Å². The van der Waals surface area contributed by atoms with Gasteiger partial charge < -0.3 is 5.32 Å². The highest BCUT2D eigenvalue weighted by Crippen LogP contribution is 2.38. The average Bonchev–Trinajstić information content (AvgIpc) is 3.04. The molecular formula is C11H17N3O. The van der Waals surface area contributed by atoms with Gasteiger partial charge in [-0.05, 0) is 38.8 Å². The molecule has 1 saturated heterocycles. The Morgan fingerprint density at radius 2 is 1.93 bits per heavy atom. The topological polar surface area (TPSA) is 49.8 Å². The summed E-state index contributed by atoms with van der Waals surface area (Å²) < 4.78 is 1.84. The van der Waals surface area contributed by atoms with Crippen molar-refractivity contribution >= 4 is 0 Å². The Kier molecular flexibility index (Phi) is 2.16. The standard InChI is InChI=1S/C11H17N3O/c15-11-7-10(8-1-2-8)13-14(11)9-3-5-12-6-4-9/h7-9,12-13H,1-6H2. The Balaban J connectivity index is 1.86. The molecule has 15 heavy (non-hydrogen) atoms. The first-order valence-corrected chi connectivity index (χ1v) is 5.87. The van der Waals surface area contributed by atoms with Gasteiger partial charge in [0.2, 0.25) is 0 Å². The minimum Gasteiger partial charge on any atom is -0.317 e. The van der Waals surface area contributed by atoms with Gasteiger partial charge in [0, 0.05) is 17.7 Å². The maximum Gasteiger partial charge on any atom is 0.266 e. The highest BCUT2D eigenvalue weighted by molar-refractivity contribution is 5.13. The van der Waals surface area contributed by atoms with Crippen LogP contribution in [0.2, 0.25) is 0 Å². The number of aromatic amines is 1. The van der Waals surface area contributed by atoms with Crippen LogP contribution in [0.5, 0.6) is 0 Å². The number of piperidine rings is 1. The monoisotopic (exact) mass is 207 g/mol. The first-order chi connectivity index (χ1) is 7.34. The van der Waals surface area contributed by atoms with Gasteiger partial charge in [0.25, 0.3) is 5.56 Å². The molecule has 0 spiro atoms. The lowest BCUT2D eigenvalue weighted by Crippen LogP contribution is -2.33. The summed E-state index contributed by atoms with van der Waals surface area (Å²) in [4.78, 5) is 11.8. The second-order valence-corrected chi connectivity index (χ2v) is 4.68. The van der Waals surface area contributed by atoms with Crippen LogP contribution in [-0.4, -0.2) is 22.9 Å². The van der Waals surface area contributed by atoms with E-state index in [1.165, 1.54) is 12.8 Å². The van der Waals surface area contributed by atoms with Crippen LogP contribution in [0.3, 0.4) is 0 Å². The van der Waals surface area contributed by atoms with Crippen molar-refractivity contribution < 1.29 is 0 Å². The lowest BCUT2D eigenvalue weighted by Gasteiger charge is -2.22. The number of hydrogen-bond acceptors (Lipinski definition) is 2. The minimum absolute atomic E-state index is 0.156. The van der Waals surface area contributed by atoms with Gasteiger partial charge in [-0.25, -0.2) is 4.68 Å². The van der Waals surface area contributed by atoms with Gasteiger partial charge in [-0.3, -0.25) is 9.89 Å². The molecule has 1 aromatic rings. The third-order valence-electron chi connectivity index (χ3n) is 3.46. The number of nitrogens with zero attached hydrogens (tertiary/aromatic N) is 1. The van der Waals surface area contributed by atoms with E-state index in [0.29, 0.717) is 12.0 Å². The molecule has 0 unspecified atom stereocenters. The van der Waals surface area contributed by atoms with Crippen LogP contribution in [0.1, 0.15) is 43.3 Å². The number of aromatic nitrogens is 2. The Labute approximate surface area is 88.7 Å². The lowest BCUT2D eigenvalue weighted by molar-refractivity contribution is 0.335. The van der Waals surface area contributed by atoms with Gasteiger partial charge in [0.1, 0.15) is 0 Å². The predicted molar refractivity (Wildman–Crippen MR) is 58.2 cm³/mol. The van der Waals surface area contributed by atoms with Crippen molar-refractivity contribution in [3.63, 3.8) is 0 Å². The second kappa shape index (κ2) is 3.52. The molecule has 0 radical (unpaired) electrons. The van der Waals surface area contributed by atoms with Crippen molar-refractivity contribution in [2.75, 3.05) is 13.1 Å². The van der Waals surface area contributed by atoms with Crippen LogP contribution in [0.4, 0.5) is 0 Å². The fourth-order valence-electron chi connectivity index (χ4n) is 2.37. The Morgan fingerprint density at radius 1 is 1.20 bits per heavy atom. The van der Waals surface area contributed by atoms with Crippen LogP contribution in [-0.2, 0) is 0 Å². The third kappa shape index (κ3) is 1.74. The van der Waals surface area contributed by atoms with Gasteiger partial charge in [0.15, 0.2) is 0 Å². The molecule has 1 aromatic heterocycles. The lowest BCUT2D eigenvalue weighted by atomic mass is 10.1. The molecule has 4 heteroatoms. The van der Waals surface area contributed by atoms with Gasteiger partial charge in [-0.1, -0.05) is 0 Å². The van der Waals surface area contributed by atoms with Gasteiger partial charge in [-0.2, -0.15) is 0 Å². The zero-order chi connectivity index (χ0) is 10.3. The summed E-state index contributed by atoms with van der Waals surface area (Å²) in [5.74, 6) is 0.640. The largest absolute Gasteiger partial charge is 0.317 e. The number of nitrogens with one attached hydrogen (secondary N) is 2. The van der Waals surface area contributed by atoms with E-state index in [1.54, 1.807) is 6.07 Å². The minimum atomic E-state index is 0.156. The summed E-state index contributed by atoms with van der Waals surface area (Å²) in [6, 6.07) is 2.17. The molecule has 0 bridgehead atoms. The second-order valence-electron chi connectivity index (χ2n) is 4.68. The molecule has 2 N–H and O–H groups in total. The molecule has 0 amide bonds. The molecule has 3 rings (SSSR count). The van der Waals surface area contributed by atoms with Crippen molar-refractivity contribution in [1.29, 1.82) is 0 Å². The van der Waals surface area contributed by atoms with Crippen molar-refractivity contribution in [3.05, 3.63) is 22.1 Å². The molecule has 2 fully saturated rings. The zero-order valence-corrected chi connectivity index (χ0v) is 8.83. The molecule has 0 atom stereocenters. The van der Waals surface area contributed by atoms with E-state index in [2.05, 4.69) is 10.4 Å². The maximum atomic E-state index is 11.8. The zero-order valence-electron chi connectivity index (χ0n) is 8.83. The van der Waals surface area contributed by atoms with E-state index >= 15 is 0 Å². The summed E-state index contributed by atoms with van der Waals surface area (Å²) in [6.45, 7) is 2.05. The molecule has 82 valence electrons. The van der Waals surface area contributed by atoms with Crippen LogP contribution < -0.4 is 10.9 Å². The molecule has 1 aliphatic heterocycles. The summed E-state index contributed by atoms with van der Waals surface area (Å²) in [6.07, 6.45) is 4.60. The SMILES string of the molecule is O=c1cc(C2CC2)[nH]n1C1CCNCC1. The quantitative estimate of drug-likeness (QED) is 0.759. The Morgan fingerprint density at radius 3 is 2.60 bits per heavy atom. The fourth-order valence-corrected chi connectivity index (χ4v) is 2.37. The Bertz CT molecular complexity index is 396. The van der Waals surface area contributed by atoms with Crippen LogP contribution in [0, 0.1) is 0 Å². The summed E-state index contributed by atoms with van der Waals surface area (Å²) >= 11 is 0. The molecule has 4 nitrogen and oxygen atoms in total. The van der Waals surface area contributed by atoms with Gasteiger partial charge >= 0.3 is 0 Å².